The van der Waals surface area contributed by atoms with Crippen LogP contribution in [0.25, 0.3) is 11.1 Å². The Labute approximate surface area is 205 Å². The molecular formula is C27H32N2O6. The second kappa shape index (κ2) is 9.98. The van der Waals surface area contributed by atoms with Crippen molar-refractivity contribution in [1.82, 2.24) is 10.2 Å². The molecule has 2 amide bonds. The molecule has 186 valence electrons. The van der Waals surface area contributed by atoms with Crippen molar-refractivity contribution in [2.45, 2.75) is 57.2 Å². The number of ether oxygens (including phenoxy) is 3. The highest BCUT2D eigenvalue weighted by molar-refractivity contribution is 5.83. The average molecular weight is 481 g/mol. The molecule has 1 heterocycles. The SMILES string of the molecule is COC(=O)[C@@H]1CC[C@@H](CNC(=O)OC(C)(C)C)N1C(=O)OCC1c2ccccc2-c2ccccc21. The van der Waals surface area contributed by atoms with E-state index in [4.69, 9.17) is 14.2 Å². The van der Waals surface area contributed by atoms with E-state index in [1.165, 1.54) is 12.0 Å². The second-order valence-corrected chi connectivity index (χ2v) is 9.86. The van der Waals surface area contributed by atoms with Crippen molar-refractivity contribution in [3.8, 4) is 11.1 Å². The summed E-state index contributed by atoms with van der Waals surface area (Å²) in [5.74, 6) is -0.595. The maximum Gasteiger partial charge on any atom is 0.410 e. The van der Waals surface area contributed by atoms with Crippen LogP contribution in [0.15, 0.2) is 48.5 Å². The first kappa shape index (κ1) is 24.6. The zero-order chi connectivity index (χ0) is 25.2. The minimum absolute atomic E-state index is 0.0936. The van der Waals surface area contributed by atoms with Gasteiger partial charge in [-0.05, 0) is 55.9 Å². The number of esters is 1. The number of nitrogens with one attached hydrogen (secondary N) is 1. The van der Waals surface area contributed by atoms with E-state index in [2.05, 4.69) is 29.6 Å². The van der Waals surface area contributed by atoms with Crippen molar-refractivity contribution in [2.75, 3.05) is 20.3 Å². The van der Waals surface area contributed by atoms with E-state index in [-0.39, 0.29) is 19.1 Å². The quantitative estimate of drug-likeness (QED) is 0.501. The summed E-state index contributed by atoms with van der Waals surface area (Å²) in [6.45, 7) is 5.62. The lowest BCUT2D eigenvalue weighted by Crippen LogP contribution is -2.50. The molecule has 2 aliphatic rings. The fraction of sp³-hybridized carbons (Fsp3) is 0.444. The Morgan fingerprint density at radius 1 is 0.971 bits per heavy atom. The van der Waals surface area contributed by atoms with E-state index in [0.29, 0.717) is 12.8 Å². The number of rotatable bonds is 5. The van der Waals surface area contributed by atoms with E-state index in [0.717, 1.165) is 22.3 Å². The molecule has 8 nitrogen and oxygen atoms in total. The van der Waals surface area contributed by atoms with Crippen LogP contribution >= 0.6 is 0 Å². The van der Waals surface area contributed by atoms with Crippen LogP contribution in [0, 0.1) is 0 Å². The lowest BCUT2D eigenvalue weighted by atomic mass is 9.98. The Morgan fingerprint density at radius 2 is 1.57 bits per heavy atom. The molecule has 0 saturated carbocycles. The molecule has 35 heavy (non-hydrogen) atoms. The van der Waals surface area contributed by atoms with Gasteiger partial charge in [0.1, 0.15) is 18.2 Å². The molecule has 1 aliphatic heterocycles. The van der Waals surface area contributed by atoms with Gasteiger partial charge >= 0.3 is 18.2 Å². The van der Waals surface area contributed by atoms with E-state index in [1.54, 1.807) is 20.8 Å². The summed E-state index contributed by atoms with van der Waals surface area (Å²) in [6, 6.07) is 15.0. The van der Waals surface area contributed by atoms with E-state index >= 15 is 0 Å². The first-order valence-corrected chi connectivity index (χ1v) is 11.9. The van der Waals surface area contributed by atoms with Gasteiger partial charge in [-0.25, -0.2) is 14.4 Å². The highest BCUT2D eigenvalue weighted by Gasteiger charge is 2.43. The number of benzene rings is 2. The molecular weight excluding hydrogens is 448 g/mol. The number of carbonyl (C=O) groups is 3. The molecule has 0 unspecified atom stereocenters. The molecule has 2 atom stereocenters. The fourth-order valence-electron chi connectivity index (χ4n) is 4.91. The first-order valence-electron chi connectivity index (χ1n) is 11.9. The zero-order valence-electron chi connectivity index (χ0n) is 20.6. The summed E-state index contributed by atoms with van der Waals surface area (Å²) in [6.07, 6.45) is -0.223. The van der Waals surface area contributed by atoms with Gasteiger partial charge in [-0.15, -0.1) is 0 Å². The van der Waals surface area contributed by atoms with Gasteiger partial charge in [-0.2, -0.15) is 0 Å². The highest BCUT2D eigenvalue weighted by Crippen LogP contribution is 2.44. The molecule has 2 aromatic rings. The lowest BCUT2D eigenvalue weighted by molar-refractivity contribution is -0.145. The van der Waals surface area contributed by atoms with Crippen molar-refractivity contribution in [3.63, 3.8) is 0 Å². The summed E-state index contributed by atoms with van der Waals surface area (Å²) < 4.78 is 16.0. The monoisotopic (exact) mass is 480 g/mol. The number of hydrogen-bond acceptors (Lipinski definition) is 6. The van der Waals surface area contributed by atoms with E-state index in [9.17, 15) is 14.4 Å². The summed E-state index contributed by atoms with van der Waals surface area (Å²) in [5, 5.41) is 2.70. The predicted molar refractivity (Wildman–Crippen MR) is 130 cm³/mol. The number of methoxy groups -OCH3 is 1. The van der Waals surface area contributed by atoms with E-state index in [1.807, 2.05) is 24.3 Å². The smallest absolute Gasteiger partial charge is 0.410 e. The van der Waals surface area contributed by atoms with Crippen LogP contribution < -0.4 is 5.32 Å². The van der Waals surface area contributed by atoms with Gasteiger partial charge in [0.25, 0.3) is 0 Å². The van der Waals surface area contributed by atoms with Crippen molar-refractivity contribution in [2.24, 2.45) is 0 Å². The van der Waals surface area contributed by atoms with Crippen LogP contribution in [0.2, 0.25) is 0 Å². The Balaban J connectivity index is 1.47. The van der Waals surface area contributed by atoms with Crippen LogP contribution in [0.4, 0.5) is 9.59 Å². The third-order valence-electron chi connectivity index (χ3n) is 6.40. The first-order chi connectivity index (χ1) is 16.7. The normalized spacial score (nSPS) is 19.0. The van der Waals surface area contributed by atoms with Crippen molar-refractivity contribution in [1.29, 1.82) is 0 Å². The van der Waals surface area contributed by atoms with Gasteiger partial charge < -0.3 is 19.5 Å². The summed E-state index contributed by atoms with van der Waals surface area (Å²) in [7, 11) is 1.30. The number of amides is 2. The van der Waals surface area contributed by atoms with Crippen molar-refractivity contribution < 1.29 is 28.6 Å². The van der Waals surface area contributed by atoms with Crippen LogP contribution in [0.3, 0.4) is 0 Å². The molecule has 8 heteroatoms. The Kier molecular flexibility index (Phi) is 7.00. The maximum atomic E-state index is 13.3. The topological polar surface area (TPSA) is 94.2 Å². The second-order valence-electron chi connectivity index (χ2n) is 9.86. The van der Waals surface area contributed by atoms with Crippen LogP contribution in [-0.2, 0) is 19.0 Å². The third-order valence-corrected chi connectivity index (χ3v) is 6.40. The standard InChI is InChI=1S/C27H32N2O6/c1-27(2,3)35-25(31)28-15-17-13-14-23(24(30)33-4)29(17)26(32)34-16-22-20-11-7-5-9-18(20)19-10-6-8-12-21(19)22/h5-12,17,22-23H,13-16H2,1-4H3,(H,28,31)/t17-,23-/m0/s1. The van der Waals surface area contributed by atoms with Gasteiger partial charge in [0.15, 0.2) is 0 Å². The fourth-order valence-corrected chi connectivity index (χ4v) is 4.91. The van der Waals surface area contributed by atoms with Crippen LogP contribution in [-0.4, -0.2) is 61.0 Å². The number of alkyl carbamates (subject to hydrolysis) is 1. The lowest BCUT2D eigenvalue weighted by Gasteiger charge is -2.29. The largest absolute Gasteiger partial charge is 0.467 e. The van der Waals surface area contributed by atoms with Crippen molar-refractivity contribution >= 4 is 18.2 Å². The van der Waals surface area contributed by atoms with E-state index < -0.39 is 35.8 Å². The van der Waals surface area contributed by atoms with Gasteiger partial charge in [0, 0.05) is 12.5 Å². The molecule has 0 spiro atoms. The van der Waals surface area contributed by atoms with Gasteiger partial charge in [0.05, 0.1) is 13.2 Å². The van der Waals surface area contributed by atoms with Gasteiger partial charge in [0.2, 0.25) is 0 Å². The number of likely N-dealkylation sites (tertiary alicyclic amines) is 1. The van der Waals surface area contributed by atoms with Gasteiger partial charge in [-0.3, -0.25) is 4.90 Å². The summed E-state index contributed by atoms with van der Waals surface area (Å²) in [4.78, 5) is 39.2. The van der Waals surface area contributed by atoms with Crippen LogP contribution in [0.1, 0.15) is 50.7 Å². The molecule has 1 aliphatic carbocycles. The molecule has 1 saturated heterocycles. The molecule has 1 fully saturated rings. The minimum Gasteiger partial charge on any atom is -0.467 e. The number of fused-ring (bicyclic) bond motifs is 3. The summed E-state index contributed by atoms with van der Waals surface area (Å²) in [5.41, 5.74) is 3.85. The predicted octanol–water partition coefficient (Wildman–Crippen LogP) is 4.47. The number of nitrogens with zero attached hydrogens (tertiary/aromatic N) is 1. The number of hydrogen-bond donors (Lipinski definition) is 1. The highest BCUT2D eigenvalue weighted by atomic mass is 16.6. The minimum atomic E-state index is -0.763. The maximum absolute atomic E-state index is 13.3. The molecule has 4 rings (SSSR count). The van der Waals surface area contributed by atoms with Gasteiger partial charge in [-0.1, -0.05) is 48.5 Å². The average Bonchev–Trinajstić information content (AvgIpc) is 3.39. The Morgan fingerprint density at radius 3 is 2.14 bits per heavy atom. The molecule has 0 bridgehead atoms. The summed E-state index contributed by atoms with van der Waals surface area (Å²) >= 11 is 0. The van der Waals surface area contributed by atoms with Crippen molar-refractivity contribution in [3.05, 3.63) is 59.7 Å². The molecule has 0 aromatic heterocycles. The van der Waals surface area contributed by atoms with Crippen LogP contribution in [0.5, 0.6) is 0 Å². The molecule has 1 N–H and O–H groups in total. The molecule has 0 radical (unpaired) electrons. The zero-order valence-corrected chi connectivity index (χ0v) is 20.6. The Bertz CT molecular complexity index is 1060. The molecule has 2 aromatic carbocycles. The Hall–Kier alpha value is -3.55. The number of carbonyl (C=O) groups excluding carboxylic acids is 3. The third kappa shape index (κ3) is 5.26.